The molecule has 0 radical (unpaired) electrons. The minimum absolute atomic E-state index is 0.234. The van der Waals surface area contributed by atoms with Gasteiger partial charge in [0.15, 0.2) is 0 Å². The smallest absolute Gasteiger partial charge is 0.147 e. The first kappa shape index (κ1) is 13.9. The van der Waals surface area contributed by atoms with Gasteiger partial charge in [0.05, 0.1) is 12.8 Å². The Labute approximate surface area is 120 Å². The molecule has 0 fully saturated rings. The van der Waals surface area contributed by atoms with Crippen molar-refractivity contribution >= 4 is 27.3 Å². The van der Waals surface area contributed by atoms with Crippen molar-refractivity contribution in [1.82, 2.24) is 0 Å². The Balaban J connectivity index is 2.46. The Bertz CT molecular complexity index is 574. The predicted octanol–water partition coefficient (Wildman–Crippen LogP) is 4.50. The number of ether oxygens (including phenoxy) is 1. The molecule has 0 N–H and O–H groups in total. The van der Waals surface area contributed by atoms with E-state index in [9.17, 15) is 4.39 Å². The second-order valence-electron chi connectivity index (χ2n) is 4.14. The fourth-order valence-corrected chi connectivity index (χ4v) is 2.44. The summed E-state index contributed by atoms with van der Waals surface area (Å²) in [4.78, 5) is 1.83. The van der Waals surface area contributed by atoms with Crippen LogP contribution in [-0.2, 0) is 5.33 Å². The van der Waals surface area contributed by atoms with Crippen molar-refractivity contribution in [2.75, 3.05) is 19.1 Å². The van der Waals surface area contributed by atoms with Crippen LogP contribution in [0.3, 0.4) is 0 Å². The van der Waals surface area contributed by atoms with Gasteiger partial charge in [-0.2, -0.15) is 0 Å². The van der Waals surface area contributed by atoms with Gasteiger partial charge in [-0.3, -0.25) is 0 Å². The summed E-state index contributed by atoms with van der Waals surface area (Å²) in [5, 5.41) is 0.606. The number of alkyl halides is 1. The lowest BCUT2D eigenvalue weighted by Crippen LogP contribution is -2.13. The molecule has 0 aliphatic heterocycles. The highest BCUT2D eigenvalue weighted by Gasteiger charge is 2.14. The van der Waals surface area contributed by atoms with Crippen LogP contribution in [-0.4, -0.2) is 14.2 Å². The van der Waals surface area contributed by atoms with E-state index in [2.05, 4.69) is 15.9 Å². The highest BCUT2D eigenvalue weighted by atomic mass is 79.9. The molecule has 0 amide bonds. The van der Waals surface area contributed by atoms with Crippen molar-refractivity contribution in [3.05, 3.63) is 53.8 Å². The molecule has 2 nitrogen and oxygen atoms in total. The molecule has 100 valence electrons. The van der Waals surface area contributed by atoms with Gasteiger partial charge in [-0.15, -0.1) is 0 Å². The molecule has 4 heteroatoms. The average molecular weight is 324 g/mol. The summed E-state index contributed by atoms with van der Waals surface area (Å²) in [6.45, 7) is 0. The predicted molar refractivity (Wildman–Crippen MR) is 80.1 cm³/mol. The number of para-hydroxylation sites is 1. The quantitative estimate of drug-likeness (QED) is 0.768. The second kappa shape index (κ2) is 6.06. The van der Waals surface area contributed by atoms with E-state index in [1.807, 2.05) is 42.3 Å². The molecule has 0 unspecified atom stereocenters. The maximum atomic E-state index is 14.1. The first-order valence-corrected chi connectivity index (χ1v) is 7.00. The molecule has 0 bridgehead atoms. The maximum absolute atomic E-state index is 14.1. The molecule has 0 saturated carbocycles. The number of halogens is 2. The minimum atomic E-state index is -0.234. The monoisotopic (exact) mass is 323 g/mol. The summed E-state index contributed by atoms with van der Waals surface area (Å²) in [7, 11) is 3.46. The molecule has 0 aliphatic rings. The maximum Gasteiger partial charge on any atom is 0.147 e. The molecule has 0 spiro atoms. The van der Waals surface area contributed by atoms with Crippen LogP contribution < -0.4 is 9.64 Å². The molecular weight excluding hydrogens is 309 g/mol. The molecule has 0 atom stereocenters. The summed E-state index contributed by atoms with van der Waals surface area (Å²) in [5.41, 5.74) is 2.37. The molecule has 2 aromatic rings. The van der Waals surface area contributed by atoms with E-state index in [0.29, 0.717) is 11.0 Å². The number of benzene rings is 2. The van der Waals surface area contributed by atoms with Crippen molar-refractivity contribution in [3.63, 3.8) is 0 Å². The topological polar surface area (TPSA) is 12.5 Å². The summed E-state index contributed by atoms with van der Waals surface area (Å²) < 4.78 is 19.3. The number of rotatable bonds is 4. The van der Waals surface area contributed by atoms with Crippen molar-refractivity contribution in [1.29, 1.82) is 0 Å². The summed E-state index contributed by atoms with van der Waals surface area (Å²) in [5.74, 6) is 0.517. The van der Waals surface area contributed by atoms with Crippen LogP contribution >= 0.6 is 15.9 Å². The molecule has 0 saturated heterocycles. The Morgan fingerprint density at radius 1 is 1.21 bits per heavy atom. The fourth-order valence-electron chi connectivity index (χ4n) is 1.99. The van der Waals surface area contributed by atoms with Crippen LogP contribution in [0.15, 0.2) is 42.5 Å². The van der Waals surface area contributed by atoms with Gasteiger partial charge in [0, 0.05) is 24.1 Å². The lowest BCUT2D eigenvalue weighted by Gasteiger charge is -2.23. The van der Waals surface area contributed by atoms with E-state index in [4.69, 9.17) is 4.74 Å². The molecule has 0 aliphatic carbocycles. The van der Waals surface area contributed by atoms with Crippen LogP contribution in [0.1, 0.15) is 5.56 Å². The van der Waals surface area contributed by atoms with Gasteiger partial charge in [0.25, 0.3) is 0 Å². The Kier molecular flexibility index (Phi) is 4.43. The van der Waals surface area contributed by atoms with Crippen LogP contribution in [0.25, 0.3) is 0 Å². The molecule has 0 heterocycles. The first-order chi connectivity index (χ1) is 9.17. The van der Waals surface area contributed by atoms with E-state index in [0.717, 1.165) is 17.0 Å². The van der Waals surface area contributed by atoms with E-state index < -0.39 is 0 Å². The Morgan fingerprint density at radius 2 is 1.95 bits per heavy atom. The lowest BCUT2D eigenvalue weighted by molar-refractivity contribution is 0.415. The van der Waals surface area contributed by atoms with Crippen molar-refractivity contribution in [3.8, 4) is 5.75 Å². The molecular formula is C15H15BrFNO. The van der Waals surface area contributed by atoms with Crippen LogP contribution in [0.2, 0.25) is 0 Å². The third-order valence-corrected chi connectivity index (χ3v) is 3.59. The van der Waals surface area contributed by atoms with Gasteiger partial charge in [-0.1, -0.05) is 34.1 Å². The largest absolute Gasteiger partial charge is 0.497 e. The summed E-state index contributed by atoms with van der Waals surface area (Å²) >= 11 is 3.39. The average Bonchev–Trinajstić information content (AvgIpc) is 2.46. The highest BCUT2D eigenvalue weighted by Crippen LogP contribution is 2.32. The third kappa shape index (κ3) is 2.89. The normalized spacial score (nSPS) is 10.3. The van der Waals surface area contributed by atoms with Crippen LogP contribution in [0, 0.1) is 5.82 Å². The molecule has 19 heavy (non-hydrogen) atoms. The number of methoxy groups -OCH3 is 1. The molecule has 0 aromatic heterocycles. The van der Waals surface area contributed by atoms with Crippen molar-refractivity contribution < 1.29 is 9.13 Å². The molecule has 2 rings (SSSR count). The van der Waals surface area contributed by atoms with Crippen molar-refractivity contribution in [2.45, 2.75) is 5.33 Å². The van der Waals surface area contributed by atoms with Gasteiger partial charge in [-0.05, 0) is 23.8 Å². The van der Waals surface area contributed by atoms with E-state index in [-0.39, 0.29) is 5.82 Å². The number of anilines is 2. The van der Waals surface area contributed by atoms with E-state index in [1.165, 1.54) is 6.07 Å². The first-order valence-electron chi connectivity index (χ1n) is 5.88. The van der Waals surface area contributed by atoms with Gasteiger partial charge in [0.1, 0.15) is 11.6 Å². The lowest BCUT2D eigenvalue weighted by atomic mass is 10.1. The van der Waals surface area contributed by atoms with Gasteiger partial charge in [0.2, 0.25) is 0 Å². The fraction of sp³-hybridized carbons (Fsp3) is 0.200. The Morgan fingerprint density at radius 3 is 2.63 bits per heavy atom. The van der Waals surface area contributed by atoms with E-state index in [1.54, 1.807) is 13.2 Å². The SMILES string of the molecule is COc1cccc(N(C)c2c(F)cccc2CBr)c1. The van der Waals surface area contributed by atoms with Crippen LogP contribution in [0.5, 0.6) is 5.75 Å². The Hall–Kier alpha value is -1.55. The van der Waals surface area contributed by atoms with Gasteiger partial charge in [-0.25, -0.2) is 4.39 Å². The summed E-state index contributed by atoms with van der Waals surface area (Å²) in [6, 6.07) is 12.7. The second-order valence-corrected chi connectivity index (χ2v) is 4.70. The number of hydrogen-bond acceptors (Lipinski definition) is 2. The summed E-state index contributed by atoms with van der Waals surface area (Å²) in [6.07, 6.45) is 0. The minimum Gasteiger partial charge on any atom is -0.497 e. The zero-order valence-corrected chi connectivity index (χ0v) is 12.4. The third-order valence-electron chi connectivity index (χ3n) is 2.99. The van der Waals surface area contributed by atoms with Crippen LogP contribution in [0.4, 0.5) is 15.8 Å². The standard InChI is InChI=1S/C15H15BrFNO/c1-18(12-6-4-7-13(9-12)19-2)15-11(10-16)5-3-8-14(15)17/h3-9H,10H2,1-2H3. The van der Waals surface area contributed by atoms with Gasteiger partial charge < -0.3 is 9.64 Å². The van der Waals surface area contributed by atoms with E-state index >= 15 is 0 Å². The zero-order chi connectivity index (χ0) is 13.8. The van der Waals surface area contributed by atoms with Crippen molar-refractivity contribution in [2.24, 2.45) is 0 Å². The number of hydrogen-bond donors (Lipinski definition) is 0. The number of nitrogens with zero attached hydrogens (tertiary/aromatic N) is 1. The molecule has 2 aromatic carbocycles. The zero-order valence-electron chi connectivity index (χ0n) is 10.9. The van der Waals surface area contributed by atoms with Gasteiger partial charge >= 0.3 is 0 Å². The highest BCUT2D eigenvalue weighted by molar-refractivity contribution is 9.08.